The van der Waals surface area contributed by atoms with Gasteiger partial charge in [-0.05, 0) is 45.1 Å². The first-order valence-electron chi connectivity index (χ1n) is 7.52. The van der Waals surface area contributed by atoms with Crippen molar-refractivity contribution in [1.29, 1.82) is 0 Å². The molecule has 2 rings (SSSR count). The van der Waals surface area contributed by atoms with Crippen molar-refractivity contribution >= 4 is 5.97 Å². The van der Waals surface area contributed by atoms with Crippen molar-refractivity contribution in [2.75, 3.05) is 26.9 Å². The highest BCUT2D eigenvalue weighted by Gasteiger charge is 2.27. The third kappa shape index (κ3) is 3.06. The average molecular weight is 279 g/mol. The monoisotopic (exact) mass is 279 g/mol. The molecule has 2 aliphatic rings. The van der Waals surface area contributed by atoms with Gasteiger partial charge in [0.15, 0.2) is 0 Å². The standard InChI is InChI=1S/C16H25NO3/c1-4-17(13-8-10-20-11-9-13)15-7-5-6-14(12(15)2)16(18)19-3/h7,13H,4-6,8-11H2,1-3H3. The Balaban J connectivity index is 2.22. The normalized spacial score (nSPS) is 20.6. The van der Waals surface area contributed by atoms with Crippen LogP contribution in [0.2, 0.25) is 0 Å². The summed E-state index contributed by atoms with van der Waals surface area (Å²) < 4.78 is 10.4. The van der Waals surface area contributed by atoms with Gasteiger partial charge >= 0.3 is 5.97 Å². The molecular formula is C16H25NO3. The minimum absolute atomic E-state index is 0.184. The number of methoxy groups -OCH3 is 1. The van der Waals surface area contributed by atoms with Crippen molar-refractivity contribution in [2.45, 2.75) is 45.6 Å². The van der Waals surface area contributed by atoms with Crippen LogP contribution in [-0.2, 0) is 14.3 Å². The van der Waals surface area contributed by atoms with Crippen LogP contribution in [0.15, 0.2) is 22.9 Å². The second kappa shape index (κ2) is 6.93. The highest BCUT2D eigenvalue weighted by atomic mass is 16.5. The summed E-state index contributed by atoms with van der Waals surface area (Å²) in [5, 5.41) is 0. The molecule has 0 aromatic rings. The molecule has 1 aliphatic heterocycles. The fourth-order valence-electron chi connectivity index (χ4n) is 3.18. The molecule has 0 N–H and O–H groups in total. The zero-order valence-electron chi connectivity index (χ0n) is 12.8. The molecule has 4 heteroatoms. The maximum Gasteiger partial charge on any atom is 0.334 e. The Labute approximate surface area is 121 Å². The number of carbonyl (C=O) groups is 1. The zero-order chi connectivity index (χ0) is 14.5. The molecule has 0 atom stereocenters. The number of hydrogen-bond donors (Lipinski definition) is 0. The van der Waals surface area contributed by atoms with E-state index in [1.165, 1.54) is 12.8 Å². The Bertz CT molecular complexity index is 419. The van der Waals surface area contributed by atoms with Gasteiger partial charge in [0.25, 0.3) is 0 Å². The molecule has 20 heavy (non-hydrogen) atoms. The van der Waals surface area contributed by atoms with Crippen molar-refractivity contribution in [1.82, 2.24) is 4.90 Å². The lowest BCUT2D eigenvalue weighted by Gasteiger charge is -2.38. The number of nitrogens with zero attached hydrogens (tertiary/aromatic N) is 1. The van der Waals surface area contributed by atoms with E-state index >= 15 is 0 Å². The van der Waals surface area contributed by atoms with Gasteiger partial charge in [-0.25, -0.2) is 4.79 Å². The Morgan fingerprint density at radius 3 is 2.75 bits per heavy atom. The van der Waals surface area contributed by atoms with Gasteiger partial charge in [-0.3, -0.25) is 0 Å². The molecule has 0 aromatic carbocycles. The lowest BCUT2D eigenvalue weighted by molar-refractivity contribution is -0.136. The van der Waals surface area contributed by atoms with Crippen molar-refractivity contribution in [3.05, 3.63) is 22.9 Å². The predicted octanol–water partition coefficient (Wildman–Crippen LogP) is 2.65. The van der Waals surface area contributed by atoms with E-state index in [4.69, 9.17) is 9.47 Å². The molecule has 0 radical (unpaired) electrons. The zero-order valence-corrected chi connectivity index (χ0v) is 12.8. The van der Waals surface area contributed by atoms with Crippen LogP contribution >= 0.6 is 0 Å². The fourth-order valence-corrected chi connectivity index (χ4v) is 3.18. The molecule has 1 saturated heterocycles. The second-order valence-electron chi connectivity index (χ2n) is 5.35. The fraction of sp³-hybridized carbons (Fsp3) is 0.688. The van der Waals surface area contributed by atoms with E-state index in [0.29, 0.717) is 6.04 Å². The summed E-state index contributed by atoms with van der Waals surface area (Å²) in [6.07, 6.45) is 6.09. The van der Waals surface area contributed by atoms with Gasteiger partial charge in [0.2, 0.25) is 0 Å². The van der Waals surface area contributed by atoms with Crippen LogP contribution in [0.5, 0.6) is 0 Å². The smallest absolute Gasteiger partial charge is 0.334 e. The summed E-state index contributed by atoms with van der Waals surface area (Å²) in [5.74, 6) is -0.184. The molecule has 4 nitrogen and oxygen atoms in total. The molecule has 0 spiro atoms. The highest BCUT2D eigenvalue weighted by molar-refractivity contribution is 5.90. The minimum Gasteiger partial charge on any atom is -0.466 e. The first-order valence-corrected chi connectivity index (χ1v) is 7.52. The Kier molecular flexibility index (Phi) is 5.24. The van der Waals surface area contributed by atoms with E-state index in [2.05, 4.69) is 17.9 Å². The first kappa shape index (κ1) is 15.1. The Hall–Kier alpha value is -1.29. The molecule has 112 valence electrons. The Morgan fingerprint density at radius 1 is 1.45 bits per heavy atom. The lowest BCUT2D eigenvalue weighted by atomic mass is 9.93. The van der Waals surface area contributed by atoms with E-state index in [9.17, 15) is 4.79 Å². The van der Waals surface area contributed by atoms with Crippen LogP contribution in [0.25, 0.3) is 0 Å². The van der Waals surface area contributed by atoms with E-state index in [1.54, 1.807) is 0 Å². The molecule has 0 bridgehead atoms. The van der Waals surface area contributed by atoms with Gasteiger partial charge in [0, 0.05) is 37.1 Å². The van der Waals surface area contributed by atoms with Crippen LogP contribution in [0, 0.1) is 0 Å². The van der Waals surface area contributed by atoms with Gasteiger partial charge in [-0.1, -0.05) is 6.08 Å². The van der Waals surface area contributed by atoms with Gasteiger partial charge in [0.1, 0.15) is 0 Å². The van der Waals surface area contributed by atoms with Crippen molar-refractivity contribution in [2.24, 2.45) is 0 Å². The number of rotatable bonds is 4. The highest BCUT2D eigenvalue weighted by Crippen LogP contribution is 2.31. The number of carbonyl (C=O) groups excluding carboxylic acids is 1. The minimum atomic E-state index is -0.184. The topological polar surface area (TPSA) is 38.8 Å². The summed E-state index contributed by atoms with van der Waals surface area (Å²) in [6, 6.07) is 0.520. The van der Waals surface area contributed by atoms with E-state index < -0.39 is 0 Å². The quantitative estimate of drug-likeness (QED) is 0.742. The second-order valence-corrected chi connectivity index (χ2v) is 5.35. The van der Waals surface area contributed by atoms with Gasteiger partial charge in [0.05, 0.1) is 7.11 Å². The van der Waals surface area contributed by atoms with Crippen LogP contribution in [0.1, 0.15) is 39.5 Å². The lowest BCUT2D eigenvalue weighted by Crippen LogP contribution is -2.39. The molecule has 0 amide bonds. The summed E-state index contributed by atoms with van der Waals surface area (Å²) >= 11 is 0. The predicted molar refractivity (Wildman–Crippen MR) is 78.3 cm³/mol. The van der Waals surface area contributed by atoms with Crippen LogP contribution in [0.4, 0.5) is 0 Å². The third-order valence-corrected chi connectivity index (χ3v) is 4.28. The van der Waals surface area contributed by atoms with Crippen molar-refractivity contribution in [3.63, 3.8) is 0 Å². The van der Waals surface area contributed by atoms with E-state index in [-0.39, 0.29) is 5.97 Å². The number of esters is 1. The summed E-state index contributed by atoms with van der Waals surface area (Å²) in [4.78, 5) is 14.3. The number of ether oxygens (including phenoxy) is 2. The number of likely N-dealkylation sites (N-methyl/N-ethyl adjacent to an activating group) is 1. The van der Waals surface area contributed by atoms with E-state index in [0.717, 1.165) is 56.6 Å². The summed E-state index contributed by atoms with van der Waals surface area (Å²) in [7, 11) is 1.46. The first-order chi connectivity index (χ1) is 9.69. The van der Waals surface area contributed by atoms with Crippen molar-refractivity contribution in [3.8, 4) is 0 Å². The maximum atomic E-state index is 11.9. The maximum absolute atomic E-state index is 11.9. The summed E-state index contributed by atoms with van der Waals surface area (Å²) in [5.41, 5.74) is 3.12. The van der Waals surface area contributed by atoms with Gasteiger partial charge in [-0.15, -0.1) is 0 Å². The van der Waals surface area contributed by atoms with Crippen LogP contribution < -0.4 is 0 Å². The largest absolute Gasteiger partial charge is 0.466 e. The van der Waals surface area contributed by atoms with E-state index in [1.807, 2.05) is 6.92 Å². The molecule has 0 aromatic heterocycles. The Morgan fingerprint density at radius 2 is 2.15 bits per heavy atom. The number of allylic oxidation sites excluding steroid dienone is 2. The molecule has 1 fully saturated rings. The summed E-state index contributed by atoms with van der Waals surface area (Å²) in [6.45, 7) is 6.85. The molecule has 0 unspecified atom stereocenters. The molecule has 1 heterocycles. The van der Waals surface area contributed by atoms with Crippen LogP contribution in [0.3, 0.4) is 0 Å². The SMILES string of the molecule is CCN(C1=CCCC(C(=O)OC)=C1C)C1CCOCC1. The molecular weight excluding hydrogens is 254 g/mol. The van der Waals surface area contributed by atoms with Crippen molar-refractivity contribution < 1.29 is 14.3 Å². The van der Waals surface area contributed by atoms with Gasteiger partial charge in [-0.2, -0.15) is 0 Å². The average Bonchev–Trinajstić information content (AvgIpc) is 2.50. The number of hydrogen-bond acceptors (Lipinski definition) is 4. The van der Waals surface area contributed by atoms with Gasteiger partial charge < -0.3 is 14.4 Å². The third-order valence-electron chi connectivity index (χ3n) is 4.28. The van der Waals surface area contributed by atoms with Crippen LogP contribution in [-0.4, -0.2) is 43.8 Å². The molecule has 1 aliphatic carbocycles. The molecule has 0 saturated carbocycles.